The summed E-state index contributed by atoms with van der Waals surface area (Å²) in [5.74, 6) is 0.201. The zero-order valence-corrected chi connectivity index (χ0v) is 18.7. The Labute approximate surface area is 183 Å². The van der Waals surface area contributed by atoms with Gasteiger partial charge in [0.25, 0.3) is 5.91 Å². The molecule has 1 aliphatic heterocycles. The highest BCUT2D eigenvalue weighted by Crippen LogP contribution is 2.29. The van der Waals surface area contributed by atoms with Gasteiger partial charge in [0.15, 0.2) is 0 Å². The molecule has 2 atom stereocenters. The van der Waals surface area contributed by atoms with Gasteiger partial charge in [-0.3, -0.25) is 14.4 Å². The van der Waals surface area contributed by atoms with Gasteiger partial charge in [-0.05, 0) is 43.5 Å². The Bertz CT molecular complexity index is 812. The molecular weight excluding hydrogens is 398 g/mol. The van der Waals surface area contributed by atoms with Gasteiger partial charge in [-0.25, -0.2) is 0 Å². The van der Waals surface area contributed by atoms with Crippen molar-refractivity contribution in [2.45, 2.75) is 38.6 Å². The minimum Gasteiger partial charge on any atom is -0.497 e. The molecule has 8 nitrogen and oxygen atoms in total. The number of amides is 3. The molecule has 31 heavy (non-hydrogen) atoms. The number of nitrogens with one attached hydrogen (secondary N) is 1. The van der Waals surface area contributed by atoms with Crippen LogP contribution in [-0.2, 0) is 14.3 Å². The third-order valence-corrected chi connectivity index (χ3v) is 6.30. The van der Waals surface area contributed by atoms with Gasteiger partial charge in [0.2, 0.25) is 11.8 Å². The summed E-state index contributed by atoms with van der Waals surface area (Å²) in [6, 6.07) is 5.20. The fourth-order valence-electron chi connectivity index (χ4n) is 4.63. The van der Waals surface area contributed by atoms with Crippen LogP contribution in [-0.4, -0.2) is 80.6 Å². The van der Waals surface area contributed by atoms with E-state index >= 15 is 0 Å². The van der Waals surface area contributed by atoms with Crippen molar-refractivity contribution >= 4 is 17.7 Å². The fraction of sp³-hybridized carbons (Fsp3) is 0.609. The number of benzene rings is 1. The number of nitrogens with zero attached hydrogens (tertiary/aromatic N) is 2. The van der Waals surface area contributed by atoms with E-state index in [2.05, 4.69) is 5.32 Å². The van der Waals surface area contributed by atoms with Crippen molar-refractivity contribution in [3.63, 3.8) is 0 Å². The van der Waals surface area contributed by atoms with Gasteiger partial charge >= 0.3 is 0 Å². The summed E-state index contributed by atoms with van der Waals surface area (Å²) in [5.41, 5.74) is 1.42. The standard InChI is InChI=1S/C23H33N3O5/c1-16-14-17(31-3)8-9-18(16)23(29)25-11-10-24-22(28)19-6-4-5-7-20(19)26(13-12-25)21(27)15-30-2/h8-9,14,19-20H,4-7,10-13,15H2,1-3H3,(H,24,28). The topological polar surface area (TPSA) is 88.2 Å². The normalized spacial score (nSPS) is 22.4. The summed E-state index contributed by atoms with van der Waals surface area (Å²) in [4.78, 5) is 42.5. The van der Waals surface area contributed by atoms with Crippen LogP contribution in [0.1, 0.15) is 41.6 Å². The Hall–Kier alpha value is -2.61. The summed E-state index contributed by atoms with van der Waals surface area (Å²) in [6.07, 6.45) is 3.54. The Kier molecular flexibility index (Phi) is 7.90. The number of aryl methyl sites for hydroxylation is 1. The maximum atomic E-state index is 13.3. The first-order valence-corrected chi connectivity index (χ1v) is 11.0. The zero-order valence-electron chi connectivity index (χ0n) is 18.7. The van der Waals surface area contributed by atoms with E-state index in [0.29, 0.717) is 37.5 Å². The van der Waals surface area contributed by atoms with Gasteiger partial charge < -0.3 is 24.6 Å². The van der Waals surface area contributed by atoms with Gasteiger partial charge in [-0.1, -0.05) is 12.8 Å². The molecule has 1 saturated carbocycles. The molecule has 3 rings (SSSR count). The highest BCUT2D eigenvalue weighted by Gasteiger charge is 2.37. The first kappa shape index (κ1) is 23.1. The predicted octanol–water partition coefficient (Wildman–Crippen LogP) is 1.61. The lowest BCUT2D eigenvalue weighted by molar-refractivity contribution is -0.142. The molecule has 2 fully saturated rings. The Morgan fingerprint density at radius 2 is 1.90 bits per heavy atom. The summed E-state index contributed by atoms with van der Waals surface area (Å²) >= 11 is 0. The molecule has 0 bridgehead atoms. The van der Waals surface area contributed by atoms with E-state index in [1.807, 2.05) is 13.0 Å². The molecule has 2 aliphatic rings. The van der Waals surface area contributed by atoms with Gasteiger partial charge in [0.1, 0.15) is 12.4 Å². The van der Waals surface area contributed by atoms with Crippen LogP contribution in [0.25, 0.3) is 0 Å². The predicted molar refractivity (Wildman–Crippen MR) is 116 cm³/mol. The molecular formula is C23H33N3O5. The molecule has 170 valence electrons. The molecule has 1 N–H and O–H groups in total. The van der Waals surface area contributed by atoms with E-state index < -0.39 is 0 Å². The van der Waals surface area contributed by atoms with Crippen LogP contribution in [0.4, 0.5) is 0 Å². The van der Waals surface area contributed by atoms with Gasteiger partial charge in [0, 0.05) is 44.9 Å². The summed E-state index contributed by atoms with van der Waals surface area (Å²) in [6.45, 7) is 3.42. The first-order chi connectivity index (χ1) is 15.0. The van der Waals surface area contributed by atoms with E-state index in [-0.39, 0.29) is 36.3 Å². The van der Waals surface area contributed by atoms with Crippen LogP contribution in [0, 0.1) is 12.8 Å². The van der Waals surface area contributed by atoms with Crippen LogP contribution in [0.3, 0.4) is 0 Å². The van der Waals surface area contributed by atoms with Crippen LogP contribution < -0.4 is 10.1 Å². The van der Waals surface area contributed by atoms with Gasteiger partial charge in [0.05, 0.1) is 13.0 Å². The third kappa shape index (κ3) is 5.36. The van der Waals surface area contributed by atoms with Crippen LogP contribution in [0.15, 0.2) is 18.2 Å². The summed E-state index contributed by atoms with van der Waals surface area (Å²) in [5, 5.41) is 2.99. The second kappa shape index (κ2) is 10.6. The molecule has 1 aromatic carbocycles. The second-order valence-electron chi connectivity index (χ2n) is 8.24. The summed E-state index contributed by atoms with van der Waals surface area (Å²) < 4.78 is 10.3. The van der Waals surface area contributed by atoms with Crippen LogP contribution in [0.2, 0.25) is 0 Å². The van der Waals surface area contributed by atoms with Gasteiger partial charge in [-0.2, -0.15) is 0 Å². The molecule has 1 aromatic rings. The SMILES string of the molecule is COCC(=O)N1CCN(C(=O)c2ccc(OC)cc2C)CCNC(=O)C2CCCCC21. The molecule has 0 radical (unpaired) electrons. The van der Waals surface area contributed by atoms with Crippen molar-refractivity contribution in [1.29, 1.82) is 0 Å². The highest BCUT2D eigenvalue weighted by atomic mass is 16.5. The number of methoxy groups -OCH3 is 2. The molecule has 1 aliphatic carbocycles. The monoisotopic (exact) mass is 431 g/mol. The largest absolute Gasteiger partial charge is 0.497 e. The maximum absolute atomic E-state index is 13.3. The lowest BCUT2D eigenvalue weighted by Crippen LogP contribution is -2.56. The van der Waals surface area contributed by atoms with Crippen molar-refractivity contribution in [3.05, 3.63) is 29.3 Å². The van der Waals surface area contributed by atoms with E-state index in [4.69, 9.17) is 9.47 Å². The van der Waals surface area contributed by atoms with Crippen molar-refractivity contribution in [2.75, 3.05) is 47.0 Å². The number of carbonyl (C=O) groups excluding carboxylic acids is 3. The third-order valence-electron chi connectivity index (χ3n) is 6.30. The van der Waals surface area contributed by atoms with Crippen molar-refractivity contribution in [3.8, 4) is 5.75 Å². The number of fused-ring (bicyclic) bond motifs is 1. The van der Waals surface area contributed by atoms with E-state index in [1.54, 1.807) is 29.0 Å². The number of hydrogen-bond acceptors (Lipinski definition) is 5. The number of carbonyl (C=O) groups is 3. The molecule has 3 amide bonds. The lowest BCUT2D eigenvalue weighted by atomic mass is 9.82. The lowest BCUT2D eigenvalue weighted by Gasteiger charge is -2.41. The number of ether oxygens (including phenoxy) is 2. The minimum atomic E-state index is -0.208. The van der Waals surface area contributed by atoms with Crippen molar-refractivity contribution in [1.82, 2.24) is 15.1 Å². The average molecular weight is 432 g/mol. The molecule has 2 unspecified atom stereocenters. The average Bonchev–Trinajstić information content (AvgIpc) is 2.77. The smallest absolute Gasteiger partial charge is 0.254 e. The molecule has 0 aromatic heterocycles. The quantitative estimate of drug-likeness (QED) is 0.783. The highest BCUT2D eigenvalue weighted by molar-refractivity contribution is 5.96. The first-order valence-electron chi connectivity index (χ1n) is 11.0. The number of hydrogen-bond donors (Lipinski definition) is 1. The number of rotatable bonds is 4. The molecule has 8 heteroatoms. The van der Waals surface area contributed by atoms with E-state index in [0.717, 1.165) is 31.2 Å². The van der Waals surface area contributed by atoms with Gasteiger partial charge in [-0.15, -0.1) is 0 Å². The second-order valence-corrected chi connectivity index (χ2v) is 8.24. The van der Waals surface area contributed by atoms with E-state index in [9.17, 15) is 14.4 Å². The van der Waals surface area contributed by atoms with E-state index in [1.165, 1.54) is 7.11 Å². The maximum Gasteiger partial charge on any atom is 0.254 e. The zero-order chi connectivity index (χ0) is 22.4. The van der Waals surface area contributed by atoms with Crippen LogP contribution in [0.5, 0.6) is 5.75 Å². The Morgan fingerprint density at radius 1 is 1.13 bits per heavy atom. The van der Waals surface area contributed by atoms with Crippen molar-refractivity contribution < 1.29 is 23.9 Å². The minimum absolute atomic E-state index is 0.0314. The van der Waals surface area contributed by atoms with Crippen LogP contribution >= 0.6 is 0 Å². The fourth-order valence-corrected chi connectivity index (χ4v) is 4.63. The van der Waals surface area contributed by atoms with Crippen molar-refractivity contribution in [2.24, 2.45) is 5.92 Å². The Morgan fingerprint density at radius 3 is 2.61 bits per heavy atom. The molecule has 1 saturated heterocycles. The molecule has 0 spiro atoms. The Balaban J connectivity index is 1.84. The summed E-state index contributed by atoms with van der Waals surface area (Å²) in [7, 11) is 3.08. The molecule has 1 heterocycles.